The van der Waals surface area contributed by atoms with Gasteiger partial charge in [-0.25, -0.2) is 4.79 Å². The Labute approximate surface area is 101 Å². The lowest BCUT2D eigenvalue weighted by molar-refractivity contribution is 0.0697. The lowest BCUT2D eigenvalue weighted by Crippen LogP contribution is -2.03. The van der Waals surface area contributed by atoms with E-state index in [4.69, 9.17) is 10.3 Å². The van der Waals surface area contributed by atoms with Crippen LogP contribution < -0.4 is 0 Å². The number of aromatic carboxylic acids is 1. The summed E-state index contributed by atoms with van der Waals surface area (Å²) in [5.74, 6) is -0.879. The van der Waals surface area contributed by atoms with E-state index in [9.17, 15) is 4.79 Å². The summed E-state index contributed by atoms with van der Waals surface area (Å²) in [6.07, 6.45) is 5.74. The summed E-state index contributed by atoms with van der Waals surface area (Å²) in [5, 5.41) is 19.8. The molecule has 1 aliphatic rings. The number of oxime groups is 1. The van der Waals surface area contributed by atoms with Crippen LogP contribution >= 0.6 is 0 Å². The maximum absolute atomic E-state index is 10.2. The molecule has 4 nitrogen and oxygen atoms in total. The molecule has 0 aromatic heterocycles. The summed E-state index contributed by atoms with van der Waals surface area (Å²) < 4.78 is 0. The highest BCUT2D eigenvalue weighted by atomic mass is 16.4. The van der Waals surface area contributed by atoms with Crippen LogP contribution in [0.15, 0.2) is 35.5 Å². The first-order chi connectivity index (χ1) is 8.24. The van der Waals surface area contributed by atoms with Gasteiger partial charge < -0.3 is 10.3 Å². The fourth-order valence-corrected chi connectivity index (χ4v) is 1.64. The average Bonchev–Trinajstić information content (AvgIpc) is 2.41. The number of carboxylic acids is 1. The number of benzene rings is 1. The largest absolute Gasteiger partial charge is 0.478 e. The minimum absolute atomic E-state index is 0.331. The molecular weight excluding hydrogens is 218 g/mol. The Bertz CT molecular complexity index is 366. The van der Waals surface area contributed by atoms with Crippen molar-refractivity contribution in [3.63, 3.8) is 0 Å². The van der Waals surface area contributed by atoms with Crippen molar-refractivity contribution in [1.29, 1.82) is 0 Å². The van der Waals surface area contributed by atoms with Crippen LogP contribution in [0.25, 0.3) is 0 Å². The lowest BCUT2D eigenvalue weighted by Gasteiger charge is -2.08. The molecule has 0 unspecified atom stereocenters. The summed E-state index contributed by atoms with van der Waals surface area (Å²) in [6.45, 7) is 0. The molecular formula is C13H17NO3. The van der Waals surface area contributed by atoms with E-state index >= 15 is 0 Å². The molecule has 2 N–H and O–H groups in total. The van der Waals surface area contributed by atoms with E-state index < -0.39 is 5.97 Å². The zero-order valence-corrected chi connectivity index (χ0v) is 9.67. The minimum atomic E-state index is -0.879. The van der Waals surface area contributed by atoms with Crippen molar-refractivity contribution in [3.8, 4) is 0 Å². The van der Waals surface area contributed by atoms with E-state index in [1.165, 1.54) is 19.3 Å². The summed E-state index contributed by atoms with van der Waals surface area (Å²) >= 11 is 0. The summed E-state index contributed by atoms with van der Waals surface area (Å²) in [4.78, 5) is 10.2. The summed E-state index contributed by atoms with van der Waals surface area (Å²) in [6, 6.07) is 8.30. The first-order valence-corrected chi connectivity index (χ1v) is 5.72. The van der Waals surface area contributed by atoms with Gasteiger partial charge in [0.05, 0.1) is 11.3 Å². The number of hydrogen-bond acceptors (Lipinski definition) is 3. The molecule has 0 bridgehead atoms. The van der Waals surface area contributed by atoms with Crippen molar-refractivity contribution in [2.75, 3.05) is 0 Å². The second-order valence-corrected chi connectivity index (χ2v) is 3.90. The molecule has 1 fully saturated rings. The Morgan fingerprint density at radius 3 is 2.00 bits per heavy atom. The van der Waals surface area contributed by atoms with Crippen LogP contribution in [0.4, 0.5) is 0 Å². The third kappa shape index (κ3) is 5.15. The Kier molecular flexibility index (Phi) is 5.79. The van der Waals surface area contributed by atoms with Gasteiger partial charge in [-0.15, -0.1) is 0 Å². The highest BCUT2D eigenvalue weighted by Gasteiger charge is 2.05. The van der Waals surface area contributed by atoms with Gasteiger partial charge in [-0.05, 0) is 37.8 Å². The van der Waals surface area contributed by atoms with Crippen LogP contribution in [0.1, 0.15) is 42.5 Å². The summed E-state index contributed by atoms with van der Waals surface area (Å²) in [5.41, 5.74) is 1.31. The fraction of sp³-hybridized carbons (Fsp3) is 0.385. The van der Waals surface area contributed by atoms with Crippen molar-refractivity contribution >= 4 is 11.7 Å². The highest BCUT2D eigenvalue weighted by molar-refractivity contribution is 5.87. The minimum Gasteiger partial charge on any atom is -0.478 e. The molecule has 0 aliphatic heterocycles. The Balaban J connectivity index is 0.000000171. The van der Waals surface area contributed by atoms with Crippen molar-refractivity contribution in [2.24, 2.45) is 5.16 Å². The van der Waals surface area contributed by atoms with Crippen molar-refractivity contribution in [3.05, 3.63) is 35.9 Å². The van der Waals surface area contributed by atoms with Gasteiger partial charge in [-0.3, -0.25) is 0 Å². The van der Waals surface area contributed by atoms with E-state index in [1.54, 1.807) is 30.3 Å². The summed E-state index contributed by atoms with van der Waals surface area (Å²) in [7, 11) is 0. The first-order valence-electron chi connectivity index (χ1n) is 5.72. The van der Waals surface area contributed by atoms with Crippen molar-refractivity contribution < 1.29 is 15.1 Å². The molecule has 2 rings (SSSR count). The maximum atomic E-state index is 10.2. The molecule has 0 saturated heterocycles. The predicted octanol–water partition coefficient (Wildman–Crippen LogP) is 3.17. The molecule has 1 saturated carbocycles. The predicted molar refractivity (Wildman–Crippen MR) is 65.7 cm³/mol. The molecule has 4 heteroatoms. The standard InChI is InChI=1S/C7H6O2.C6H11NO/c8-7(9)6-4-2-1-3-5-6;8-7-6-4-2-1-3-5-6/h1-5H,(H,8,9);8H,1-5H2. The normalized spacial score (nSPS) is 14.5. The van der Waals surface area contributed by atoms with Gasteiger partial charge in [0.1, 0.15) is 0 Å². The van der Waals surface area contributed by atoms with Gasteiger partial charge in [0.25, 0.3) is 0 Å². The van der Waals surface area contributed by atoms with E-state index in [1.807, 2.05) is 0 Å². The van der Waals surface area contributed by atoms with Crippen LogP contribution in [0.2, 0.25) is 0 Å². The van der Waals surface area contributed by atoms with Gasteiger partial charge in [-0.1, -0.05) is 29.8 Å². The Hall–Kier alpha value is -1.84. The van der Waals surface area contributed by atoms with Crippen molar-refractivity contribution in [1.82, 2.24) is 0 Å². The van der Waals surface area contributed by atoms with Crippen LogP contribution in [-0.4, -0.2) is 22.0 Å². The maximum Gasteiger partial charge on any atom is 0.335 e. The van der Waals surface area contributed by atoms with Crippen LogP contribution in [0.3, 0.4) is 0 Å². The number of carboxylic acid groups (broad SMARTS) is 1. The lowest BCUT2D eigenvalue weighted by atomic mass is 9.99. The third-order valence-electron chi connectivity index (χ3n) is 2.59. The van der Waals surface area contributed by atoms with Crippen LogP contribution in [0.5, 0.6) is 0 Å². The first kappa shape index (κ1) is 13.2. The average molecular weight is 235 g/mol. The molecule has 0 amide bonds. The topological polar surface area (TPSA) is 69.9 Å². The molecule has 1 aromatic carbocycles. The second kappa shape index (κ2) is 7.44. The van der Waals surface area contributed by atoms with Crippen molar-refractivity contribution in [2.45, 2.75) is 32.1 Å². The van der Waals surface area contributed by atoms with Gasteiger partial charge in [0.2, 0.25) is 0 Å². The molecule has 0 spiro atoms. The van der Waals surface area contributed by atoms with E-state index in [0.29, 0.717) is 5.56 Å². The molecule has 0 heterocycles. The van der Waals surface area contributed by atoms with Crippen LogP contribution in [0, 0.1) is 0 Å². The van der Waals surface area contributed by atoms with Gasteiger partial charge in [0, 0.05) is 0 Å². The SMILES string of the molecule is O=C(O)c1ccccc1.ON=C1CCCCC1. The smallest absolute Gasteiger partial charge is 0.335 e. The number of nitrogens with zero attached hydrogens (tertiary/aromatic N) is 1. The monoisotopic (exact) mass is 235 g/mol. The van der Waals surface area contributed by atoms with E-state index in [0.717, 1.165) is 18.6 Å². The fourth-order valence-electron chi connectivity index (χ4n) is 1.64. The zero-order chi connectivity index (χ0) is 12.5. The third-order valence-corrected chi connectivity index (χ3v) is 2.59. The van der Waals surface area contributed by atoms with Gasteiger partial charge in [0.15, 0.2) is 0 Å². The molecule has 1 aliphatic carbocycles. The number of hydrogen-bond donors (Lipinski definition) is 2. The molecule has 1 aromatic rings. The van der Waals surface area contributed by atoms with Crippen LogP contribution in [-0.2, 0) is 0 Å². The molecule has 0 atom stereocenters. The number of rotatable bonds is 1. The molecule has 17 heavy (non-hydrogen) atoms. The Morgan fingerprint density at radius 2 is 1.65 bits per heavy atom. The highest BCUT2D eigenvalue weighted by Crippen LogP contribution is 2.13. The van der Waals surface area contributed by atoms with E-state index in [2.05, 4.69) is 5.16 Å². The zero-order valence-electron chi connectivity index (χ0n) is 9.67. The molecule has 0 radical (unpaired) electrons. The molecule has 92 valence electrons. The van der Waals surface area contributed by atoms with Gasteiger partial charge >= 0.3 is 5.97 Å². The quantitative estimate of drug-likeness (QED) is 0.580. The van der Waals surface area contributed by atoms with Gasteiger partial charge in [-0.2, -0.15) is 0 Å². The Morgan fingerprint density at radius 1 is 1.06 bits per heavy atom. The second-order valence-electron chi connectivity index (χ2n) is 3.90. The number of carbonyl (C=O) groups is 1. The van der Waals surface area contributed by atoms with E-state index in [-0.39, 0.29) is 0 Å².